The second-order valence-electron chi connectivity index (χ2n) is 7.94. The number of rotatable bonds is 5. The molecule has 4 rings (SSSR count). The van der Waals surface area contributed by atoms with E-state index in [4.69, 9.17) is 0 Å². The van der Waals surface area contributed by atoms with Crippen LogP contribution in [0.1, 0.15) is 40.7 Å². The van der Waals surface area contributed by atoms with Crippen LogP contribution >= 0.6 is 0 Å². The van der Waals surface area contributed by atoms with Gasteiger partial charge < -0.3 is 10.2 Å². The summed E-state index contributed by atoms with van der Waals surface area (Å²) < 4.78 is 15.2. The molecule has 28 heavy (non-hydrogen) atoms. The van der Waals surface area contributed by atoms with E-state index >= 15 is 0 Å². The first kappa shape index (κ1) is 19.2. The van der Waals surface area contributed by atoms with Crippen molar-refractivity contribution >= 4 is 22.7 Å². The first-order valence-corrected chi connectivity index (χ1v) is 11.1. The minimum absolute atomic E-state index is 0.398. The minimum Gasteiger partial charge on any atom is -0.307 e. The summed E-state index contributed by atoms with van der Waals surface area (Å²) in [7, 11) is 2.44. The lowest BCUT2D eigenvalue weighted by Gasteiger charge is -2.16. The van der Waals surface area contributed by atoms with E-state index in [0.717, 1.165) is 56.3 Å². The summed E-state index contributed by atoms with van der Waals surface area (Å²) in [4.78, 5) is 15.3. The Kier molecular flexibility index (Phi) is 5.51. The number of nitrogens with zero attached hydrogens (tertiary/aromatic N) is 1. The normalized spacial score (nSPS) is 16.0. The number of aryl methyl sites for hydroxylation is 2. The number of urea groups is 1. The number of hydrogen-bond acceptors (Lipinski definition) is 3. The first-order chi connectivity index (χ1) is 13.5. The highest BCUT2D eigenvalue weighted by Gasteiger charge is 2.25. The summed E-state index contributed by atoms with van der Waals surface area (Å²) in [5.74, 6) is 0. The predicted molar refractivity (Wildman–Crippen MR) is 113 cm³/mol. The summed E-state index contributed by atoms with van der Waals surface area (Å²) >= 11 is 0. The highest BCUT2D eigenvalue weighted by molar-refractivity contribution is 7.83. The van der Waals surface area contributed by atoms with E-state index in [-0.39, 0.29) is 0 Å². The highest BCUT2D eigenvalue weighted by Crippen LogP contribution is 2.38. The molecule has 2 aliphatic carbocycles. The summed E-state index contributed by atoms with van der Waals surface area (Å²) in [6, 6.07) is 9.46. The Morgan fingerprint density at radius 2 is 1.61 bits per heavy atom. The predicted octanol–water partition coefficient (Wildman–Crippen LogP) is 3.57. The smallest absolute Gasteiger partial charge is 0.307 e. The molecule has 0 spiro atoms. The molecule has 2 aromatic carbocycles. The van der Waals surface area contributed by atoms with Crippen molar-refractivity contribution in [2.24, 2.45) is 0 Å². The number of hydrogen-bond donors (Lipinski definition) is 2. The van der Waals surface area contributed by atoms with Crippen LogP contribution < -0.4 is 10.0 Å². The fourth-order valence-electron chi connectivity index (χ4n) is 4.33. The van der Waals surface area contributed by atoms with Gasteiger partial charge in [-0.1, -0.05) is 18.2 Å². The van der Waals surface area contributed by atoms with Gasteiger partial charge in [0.25, 0.3) is 0 Å². The van der Waals surface area contributed by atoms with E-state index in [1.54, 1.807) is 0 Å². The quantitative estimate of drug-likeness (QED) is 0.811. The number of nitrogens with one attached hydrogen (secondary N) is 2. The maximum atomic E-state index is 12.6. The Labute approximate surface area is 169 Å². The van der Waals surface area contributed by atoms with Gasteiger partial charge in [0.15, 0.2) is 11.0 Å². The summed E-state index contributed by atoms with van der Waals surface area (Å²) in [5, 5.41) is 3.03. The van der Waals surface area contributed by atoms with Crippen molar-refractivity contribution < 1.29 is 9.00 Å². The van der Waals surface area contributed by atoms with E-state index in [1.165, 1.54) is 22.3 Å². The molecule has 2 N–H and O–H groups in total. The van der Waals surface area contributed by atoms with Gasteiger partial charge >= 0.3 is 6.03 Å². The maximum absolute atomic E-state index is 12.6. The molecule has 0 radical (unpaired) electrons. The van der Waals surface area contributed by atoms with Gasteiger partial charge in [0.2, 0.25) is 0 Å². The van der Waals surface area contributed by atoms with E-state index in [1.807, 2.05) is 38.4 Å². The molecule has 0 saturated heterocycles. The highest BCUT2D eigenvalue weighted by atomic mass is 32.2. The van der Waals surface area contributed by atoms with Gasteiger partial charge in [-0.2, -0.15) is 0 Å². The van der Waals surface area contributed by atoms with Gasteiger partial charge in [-0.05, 0) is 92.6 Å². The number of fused-ring (bicyclic) bond motifs is 2. The Morgan fingerprint density at radius 3 is 2.18 bits per heavy atom. The average molecular weight is 398 g/mol. The summed E-state index contributed by atoms with van der Waals surface area (Å²) in [6.07, 6.45) is 6.47. The third-order valence-electron chi connectivity index (χ3n) is 5.53. The molecule has 0 bridgehead atoms. The molecule has 1 atom stereocenters. The number of anilines is 1. The van der Waals surface area contributed by atoms with Crippen LogP contribution in [-0.4, -0.2) is 29.2 Å². The van der Waals surface area contributed by atoms with Crippen LogP contribution in [0.2, 0.25) is 0 Å². The van der Waals surface area contributed by atoms with Crippen LogP contribution in [0.5, 0.6) is 0 Å². The van der Waals surface area contributed by atoms with Crippen molar-refractivity contribution in [1.29, 1.82) is 0 Å². The lowest BCUT2D eigenvalue weighted by Crippen LogP contribution is -2.31. The molecule has 0 aromatic heterocycles. The summed E-state index contributed by atoms with van der Waals surface area (Å²) in [5.41, 5.74) is 7.40. The third-order valence-corrected chi connectivity index (χ3v) is 6.60. The van der Waals surface area contributed by atoms with Crippen molar-refractivity contribution in [1.82, 2.24) is 9.62 Å². The number of carbonyl (C=O) groups excluding carboxylic acids is 1. The molecule has 0 aliphatic heterocycles. The van der Waals surface area contributed by atoms with Crippen LogP contribution in [0.3, 0.4) is 0 Å². The molecule has 148 valence electrons. The number of benzene rings is 2. The standard InChI is InChI=1S/C22H27N3O2S/c1-25(2)14-15-9-11-18(12-10-15)28(27)24-22(26)23-21-19-7-3-5-16(19)13-17-6-4-8-20(17)21/h9-13H,3-8,14H2,1-2H3,(H2,23,24,26). The van der Waals surface area contributed by atoms with Crippen LogP contribution in [0.15, 0.2) is 35.2 Å². The van der Waals surface area contributed by atoms with E-state index in [2.05, 4.69) is 21.0 Å². The van der Waals surface area contributed by atoms with Crippen LogP contribution in [0, 0.1) is 0 Å². The lowest BCUT2D eigenvalue weighted by molar-refractivity contribution is 0.257. The van der Waals surface area contributed by atoms with Gasteiger partial charge in [0.1, 0.15) is 0 Å². The largest absolute Gasteiger partial charge is 0.331 e. The number of amides is 2. The monoisotopic (exact) mass is 397 g/mol. The van der Waals surface area contributed by atoms with Crippen molar-refractivity contribution in [3.05, 3.63) is 58.1 Å². The second kappa shape index (κ2) is 8.05. The second-order valence-corrected chi connectivity index (χ2v) is 9.15. The summed E-state index contributed by atoms with van der Waals surface area (Å²) in [6.45, 7) is 0.824. The van der Waals surface area contributed by atoms with Crippen molar-refractivity contribution in [3.63, 3.8) is 0 Å². The molecular formula is C22H27N3O2S. The first-order valence-electron chi connectivity index (χ1n) is 9.91. The molecule has 5 nitrogen and oxygen atoms in total. The van der Waals surface area contributed by atoms with Gasteiger partial charge in [-0.3, -0.25) is 4.72 Å². The molecular weight excluding hydrogens is 370 g/mol. The average Bonchev–Trinajstić information content (AvgIpc) is 3.30. The fourth-order valence-corrected chi connectivity index (χ4v) is 5.05. The van der Waals surface area contributed by atoms with Crippen molar-refractivity contribution in [2.75, 3.05) is 19.4 Å². The van der Waals surface area contributed by atoms with E-state index < -0.39 is 17.0 Å². The fraction of sp³-hybridized carbons (Fsp3) is 0.409. The zero-order valence-corrected chi connectivity index (χ0v) is 17.3. The van der Waals surface area contributed by atoms with Crippen LogP contribution in [0.25, 0.3) is 0 Å². The SMILES string of the molecule is CN(C)Cc1ccc(S(=O)NC(=O)Nc2c3c(cc4c2CCC4)CCC3)cc1. The molecule has 0 saturated carbocycles. The minimum atomic E-state index is -1.58. The van der Waals surface area contributed by atoms with Crippen LogP contribution in [-0.2, 0) is 43.2 Å². The third kappa shape index (κ3) is 3.98. The van der Waals surface area contributed by atoms with Gasteiger partial charge in [0, 0.05) is 12.2 Å². The molecule has 1 unspecified atom stereocenters. The molecule has 2 aromatic rings. The zero-order valence-electron chi connectivity index (χ0n) is 16.5. The lowest BCUT2D eigenvalue weighted by atomic mass is 9.99. The van der Waals surface area contributed by atoms with Gasteiger partial charge in [-0.25, -0.2) is 9.00 Å². The Hall–Kier alpha value is -2.18. The zero-order chi connectivity index (χ0) is 19.7. The maximum Gasteiger partial charge on any atom is 0.331 e. The molecule has 2 amide bonds. The van der Waals surface area contributed by atoms with Gasteiger partial charge in [-0.15, -0.1) is 0 Å². The molecule has 0 heterocycles. The van der Waals surface area contributed by atoms with E-state index in [9.17, 15) is 9.00 Å². The van der Waals surface area contributed by atoms with Crippen LogP contribution in [0.4, 0.5) is 10.5 Å². The molecule has 6 heteroatoms. The Balaban J connectivity index is 1.46. The number of carbonyl (C=O) groups is 1. The van der Waals surface area contributed by atoms with E-state index in [0.29, 0.717) is 4.90 Å². The molecule has 2 aliphatic rings. The van der Waals surface area contributed by atoms with Gasteiger partial charge in [0.05, 0.1) is 4.90 Å². The topological polar surface area (TPSA) is 61.4 Å². The van der Waals surface area contributed by atoms with Crippen molar-refractivity contribution in [2.45, 2.75) is 50.0 Å². The Morgan fingerprint density at radius 1 is 1.00 bits per heavy atom. The van der Waals surface area contributed by atoms with Crippen molar-refractivity contribution in [3.8, 4) is 0 Å². The Bertz CT molecular complexity index is 890. The molecule has 0 fully saturated rings.